The number of anilines is 1. The van der Waals surface area contributed by atoms with Gasteiger partial charge in [0.1, 0.15) is 12.3 Å². The molecule has 140 valence electrons. The van der Waals surface area contributed by atoms with Crippen LogP contribution in [0, 0.1) is 6.92 Å². The maximum atomic E-state index is 12.6. The molecule has 2 aromatic heterocycles. The molecule has 28 heavy (non-hydrogen) atoms. The largest absolute Gasteiger partial charge is 0.436 e. The predicted molar refractivity (Wildman–Crippen MR) is 104 cm³/mol. The van der Waals surface area contributed by atoms with Gasteiger partial charge in [0.25, 0.3) is 5.88 Å². The number of rotatable bonds is 5. The zero-order chi connectivity index (χ0) is 19.5. The highest BCUT2D eigenvalue weighted by Gasteiger charge is 2.15. The Kier molecular flexibility index (Phi) is 4.59. The number of hydrogen-bond acceptors (Lipinski definition) is 5. The molecule has 2 heterocycles. The Morgan fingerprint density at radius 3 is 2.61 bits per heavy atom. The zero-order valence-corrected chi connectivity index (χ0v) is 15.1. The maximum absolute atomic E-state index is 12.6. The van der Waals surface area contributed by atoms with Crippen molar-refractivity contribution in [1.29, 1.82) is 0 Å². The number of ether oxygens (including phenoxy) is 1. The van der Waals surface area contributed by atoms with Crippen LogP contribution in [0.5, 0.6) is 11.6 Å². The third-order valence-electron chi connectivity index (χ3n) is 4.06. The van der Waals surface area contributed by atoms with E-state index >= 15 is 0 Å². The average Bonchev–Trinajstić information content (AvgIpc) is 3.01. The number of nitrogens with zero attached hydrogens (tertiary/aromatic N) is 4. The minimum Gasteiger partial charge on any atom is -0.436 e. The minimum absolute atomic E-state index is 0.184. The number of carbonyl (C=O) groups excluding carboxylic acids is 1. The lowest BCUT2D eigenvalue weighted by Gasteiger charge is -2.05. The van der Waals surface area contributed by atoms with E-state index in [1.54, 1.807) is 24.3 Å². The lowest BCUT2D eigenvalue weighted by Crippen LogP contribution is -2.28. The van der Waals surface area contributed by atoms with Crippen molar-refractivity contribution in [3.8, 4) is 11.6 Å². The number of para-hydroxylation sites is 1. The number of aromatic nitrogens is 4. The average molecular weight is 375 g/mol. The number of aryl methyl sites for hydroxylation is 1. The first-order chi connectivity index (χ1) is 13.6. The Hall–Kier alpha value is -3.94. The molecular formula is C20H17N5O3. The molecule has 0 spiro atoms. The Morgan fingerprint density at radius 2 is 1.86 bits per heavy atom. The second-order valence-corrected chi connectivity index (χ2v) is 6.20. The molecule has 0 saturated heterocycles. The van der Waals surface area contributed by atoms with Crippen LogP contribution in [-0.2, 0) is 11.3 Å². The summed E-state index contributed by atoms with van der Waals surface area (Å²) < 4.78 is 8.10. The minimum atomic E-state index is -0.450. The number of fused-ring (bicyclic) bond motifs is 1. The molecule has 0 aliphatic heterocycles. The van der Waals surface area contributed by atoms with Crippen LogP contribution in [0.1, 0.15) is 5.56 Å². The van der Waals surface area contributed by atoms with E-state index in [-0.39, 0.29) is 24.0 Å². The van der Waals surface area contributed by atoms with Crippen LogP contribution in [0.2, 0.25) is 0 Å². The van der Waals surface area contributed by atoms with Gasteiger partial charge in [-0.1, -0.05) is 35.9 Å². The topological polar surface area (TPSA) is 90.5 Å². The van der Waals surface area contributed by atoms with Crippen LogP contribution in [0.3, 0.4) is 0 Å². The van der Waals surface area contributed by atoms with E-state index in [4.69, 9.17) is 4.74 Å². The number of benzene rings is 2. The molecule has 4 rings (SSSR count). The predicted octanol–water partition coefficient (Wildman–Crippen LogP) is 2.63. The van der Waals surface area contributed by atoms with Gasteiger partial charge in [-0.2, -0.15) is 0 Å². The summed E-state index contributed by atoms with van der Waals surface area (Å²) in [5.74, 6) is 0.401. The molecule has 0 aliphatic carbocycles. The van der Waals surface area contributed by atoms with Crippen molar-refractivity contribution < 1.29 is 9.53 Å². The van der Waals surface area contributed by atoms with Crippen LogP contribution in [0.4, 0.5) is 5.69 Å². The van der Waals surface area contributed by atoms with Gasteiger partial charge in [0, 0.05) is 18.1 Å². The summed E-state index contributed by atoms with van der Waals surface area (Å²) in [5, 5.41) is 6.97. The van der Waals surface area contributed by atoms with Gasteiger partial charge in [0.05, 0.1) is 0 Å². The second-order valence-electron chi connectivity index (χ2n) is 6.20. The lowest BCUT2D eigenvalue weighted by molar-refractivity contribution is -0.117. The SMILES string of the molecule is Cc1ccc(NC(=O)Cn2nc3c(Oc4ccccc4)nccn3c2=O)cc1. The van der Waals surface area contributed by atoms with Crippen LogP contribution < -0.4 is 15.7 Å². The highest BCUT2D eigenvalue weighted by molar-refractivity contribution is 5.90. The van der Waals surface area contributed by atoms with Crippen molar-refractivity contribution in [3.05, 3.63) is 83.0 Å². The van der Waals surface area contributed by atoms with Crippen molar-refractivity contribution in [2.24, 2.45) is 0 Å². The first-order valence-electron chi connectivity index (χ1n) is 8.64. The fourth-order valence-electron chi connectivity index (χ4n) is 2.67. The summed E-state index contributed by atoms with van der Waals surface area (Å²) in [5.41, 5.74) is 1.53. The lowest BCUT2D eigenvalue weighted by atomic mass is 10.2. The van der Waals surface area contributed by atoms with Crippen LogP contribution in [-0.4, -0.2) is 25.1 Å². The third-order valence-corrected chi connectivity index (χ3v) is 4.06. The smallest absolute Gasteiger partial charge is 0.351 e. The van der Waals surface area contributed by atoms with Gasteiger partial charge in [-0.05, 0) is 31.2 Å². The van der Waals surface area contributed by atoms with Gasteiger partial charge in [-0.25, -0.2) is 18.9 Å². The second kappa shape index (κ2) is 7.36. The van der Waals surface area contributed by atoms with Crippen LogP contribution >= 0.6 is 0 Å². The van der Waals surface area contributed by atoms with Crippen LogP contribution in [0.25, 0.3) is 5.65 Å². The fraction of sp³-hybridized carbons (Fsp3) is 0.100. The molecular weight excluding hydrogens is 358 g/mol. The van der Waals surface area contributed by atoms with Crippen molar-refractivity contribution in [3.63, 3.8) is 0 Å². The van der Waals surface area contributed by atoms with Gasteiger partial charge in [-0.15, -0.1) is 5.10 Å². The van der Waals surface area contributed by atoms with Gasteiger partial charge < -0.3 is 10.1 Å². The quantitative estimate of drug-likeness (QED) is 0.579. The Bertz CT molecular complexity index is 1180. The number of nitrogens with one attached hydrogen (secondary N) is 1. The van der Waals surface area contributed by atoms with Gasteiger partial charge in [0.2, 0.25) is 11.6 Å². The number of carbonyl (C=O) groups is 1. The first-order valence-corrected chi connectivity index (χ1v) is 8.64. The highest BCUT2D eigenvalue weighted by Crippen LogP contribution is 2.21. The standard InChI is InChI=1S/C20H17N5O3/c1-14-7-9-15(10-8-14)22-17(26)13-25-20(27)24-12-11-21-19(18(24)23-25)28-16-5-3-2-4-6-16/h2-12H,13H2,1H3,(H,22,26). The first kappa shape index (κ1) is 17.5. The number of amides is 1. The number of hydrogen-bond donors (Lipinski definition) is 1. The summed E-state index contributed by atoms with van der Waals surface area (Å²) in [6.45, 7) is 1.74. The summed E-state index contributed by atoms with van der Waals surface area (Å²) in [4.78, 5) is 29.0. The highest BCUT2D eigenvalue weighted by atomic mass is 16.5. The molecule has 0 atom stereocenters. The van der Waals surface area contributed by atoms with Crippen molar-refractivity contribution in [1.82, 2.24) is 19.2 Å². The van der Waals surface area contributed by atoms with E-state index in [1.165, 1.54) is 16.8 Å². The van der Waals surface area contributed by atoms with E-state index in [9.17, 15) is 9.59 Å². The van der Waals surface area contributed by atoms with Crippen LogP contribution in [0.15, 0.2) is 71.8 Å². The van der Waals surface area contributed by atoms with Crippen molar-refractivity contribution in [2.75, 3.05) is 5.32 Å². The van der Waals surface area contributed by atoms with Gasteiger partial charge >= 0.3 is 5.69 Å². The molecule has 0 radical (unpaired) electrons. The molecule has 0 bridgehead atoms. The van der Waals surface area contributed by atoms with E-state index in [0.29, 0.717) is 11.4 Å². The van der Waals surface area contributed by atoms with Gasteiger partial charge in [0.15, 0.2) is 0 Å². The van der Waals surface area contributed by atoms with Gasteiger partial charge in [-0.3, -0.25) is 4.79 Å². The summed E-state index contributed by atoms with van der Waals surface area (Å²) in [6, 6.07) is 16.5. The monoisotopic (exact) mass is 375 g/mol. The molecule has 0 fully saturated rings. The molecule has 4 aromatic rings. The molecule has 0 saturated carbocycles. The van der Waals surface area contributed by atoms with E-state index in [0.717, 1.165) is 10.2 Å². The maximum Gasteiger partial charge on any atom is 0.351 e. The third kappa shape index (κ3) is 3.61. The summed E-state index contributed by atoms with van der Waals surface area (Å²) >= 11 is 0. The van der Waals surface area contributed by atoms with E-state index in [2.05, 4.69) is 15.4 Å². The van der Waals surface area contributed by atoms with E-state index in [1.807, 2.05) is 37.3 Å². The molecule has 8 nitrogen and oxygen atoms in total. The van der Waals surface area contributed by atoms with E-state index < -0.39 is 5.69 Å². The molecule has 0 aliphatic rings. The fourth-order valence-corrected chi connectivity index (χ4v) is 2.67. The van der Waals surface area contributed by atoms with Crippen molar-refractivity contribution in [2.45, 2.75) is 13.5 Å². The molecule has 1 amide bonds. The Balaban J connectivity index is 1.58. The molecule has 8 heteroatoms. The zero-order valence-electron chi connectivity index (χ0n) is 15.1. The summed E-state index contributed by atoms with van der Waals surface area (Å²) in [6.07, 6.45) is 2.93. The molecule has 0 unspecified atom stereocenters. The molecule has 1 N–H and O–H groups in total. The normalized spacial score (nSPS) is 10.8. The Morgan fingerprint density at radius 1 is 1.11 bits per heavy atom. The summed E-state index contributed by atoms with van der Waals surface area (Å²) in [7, 11) is 0. The molecule has 2 aromatic carbocycles. The van der Waals surface area contributed by atoms with Crippen molar-refractivity contribution >= 4 is 17.2 Å². The Labute approximate surface area is 160 Å².